The van der Waals surface area contributed by atoms with E-state index < -0.39 is 21.9 Å². The number of hydrogen-bond donors (Lipinski definition) is 1. The van der Waals surface area contributed by atoms with E-state index in [4.69, 9.17) is 4.74 Å². The molecule has 168 valence electrons. The van der Waals surface area contributed by atoms with Gasteiger partial charge in [-0.3, -0.25) is 9.10 Å². The molecule has 1 aliphatic rings. The highest BCUT2D eigenvalue weighted by Crippen LogP contribution is 2.38. The van der Waals surface area contributed by atoms with E-state index in [-0.39, 0.29) is 13.2 Å². The van der Waals surface area contributed by atoms with Crippen molar-refractivity contribution in [2.45, 2.75) is 46.5 Å². The molecule has 2 aromatic rings. The first-order valence-electron chi connectivity index (χ1n) is 10.3. The van der Waals surface area contributed by atoms with Crippen LogP contribution in [-0.4, -0.2) is 39.7 Å². The minimum atomic E-state index is -3.70. The quantitative estimate of drug-likeness (QED) is 0.629. The van der Waals surface area contributed by atoms with E-state index >= 15 is 0 Å². The van der Waals surface area contributed by atoms with Gasteiger partial charge in [0.25, 0.3) is 0 Å². The molecule has 1 amide bonds. The van der Waals surface area contributed by atoms with E-state index in [1.54, 1.807) is 19.9 Å². The Morgan fingerprint density at radius 2 is 1.90 bits per heavy atom. The van der Waals surface area contributed by atoms with Crippen LogP contribution in [0.3, 0.4) is 0 Å². The Kier molecular flexibility index (Phi) is 7.06. The highest BCUT2D eigenvalue weighted by atomic mass is 32.2. The molecule has 0 fully saturated rings. The van der Waals surface area contributed by atoms with Crippen LogP contribution in [0.1, 0.15) is 51.7 Å². The van der Waals surface area contributed by atoms with Crippen molar-refractivity contribution in [2.75, 3.05) is 29.0 Å². The van der Waals surface area contributed by atoms with Crippen LogP contribution < -0.4 is 9.62 Å². The molecule has 1 heterocycles. The Morgan fingerprint density at radius 1 is 1.19 bits per heavy atom. The maximum Gasteiger partial charge on any atom is 0.341 e. The minimum absolute atomic E-state index is 0.241. The molecule has 0 atom stereocenters. The Morgan fingerprint density at radius 3 is 2.58 bits per heavy atom. The van der Waals surface area contributed by atoms with E-state index in [2.05, 4.69) is 5.32 Å². The van der Waals surface area contributed by atoms with Crippen molar-refractivity contribution < 1.29 is 22.7 Å². The fourth-order valence-electron chi connectivity index (χ4n) is 3.74. The van der Waals surface area contributed by atoms with E-state index in [0.29, 0.717) is 16.3 Å². The highest BCUT2D eigenvalue weighted by Gasteiger charge is 2.29. The minimum Gasteiger partial charge on any atom is -0.462 e. The van der Waals surface area contributed by atoms with Crippen LogP contribution in [-0.2, 0) is 32.4 Å². The van der Waals surface area contributed by atoms with Gasteiger partial charge in [-0.15, -0.1) is 11.3 Å². The molecule has 0 saturated heterocycles. The second kappa shape index (κ2) is 9.40. The predicted molar refractivity (Wildman–Crippen MR) is 124 cm³/mol. The number of hydrogen-bond acceptors (Lipinski definition) is 6. The summed E-state index contributed by atoms with van der Waals surface area (Å²) in [5.41, 5.74) is 3.47. The van der Waals surface area contributed by atoms with Crippen LogP contribution >= 0.6 is 11.3 Å². The first kappa shape index (κ1) is 23.3. The number of aryl methyl sites for hydroxylation is 3. The van der Waals surface area contributed by atoms with Crippen molar-refractivity contribution in [3.63, 3.8) is 0 Å². The standard InChI is InChI=1S/C22H28N2O5S2/c1-5-29-22(26)20-16-8-6-7-9-18(16)30-21(20)23-19(25)13-24(31(4,27)28)17-12-14(2)10-11-15(17)3/h10-12H,5-9,13H2,1-4H3,(H,23,25). The van der Waals surface area contributed by atoms with Crippen molar-refractivity contribution in [2.24, 2.45) is 0 Å². The van der Waals surface area contributed by atoms with Crippen LogP contribution in [0.4, 0.5) is 10.7 Å². The van der Waals surface area contributed by atoms with Crippen molar-refractivity contribution in [1.82, 2.24) is 0 Å². The summed E-state index contributed by atoms with van der Waals surface area (Å²) < 4.78 is 31.3. The van der Waals surface area contributed by atoms with Gasteiger partial charge in [-0.05, 0) is 69.2 Å². The zero-order chi connectivity index (χ0) is 22.8. The van der Waals surface area contributed by atoms with Gasteiger partial charge in [-0.25, -0.2) is 13.2 Å². The lowest BCUT2D eigenvalue weighted by Gasteiger charge is -2.24. The molecular weight excluding hydrogens is 436 g/mol. The molecule has 0 radical (unpaired) electrons. The van der Waals surface area contributed by atoms with Gasteiger partial charge in [0.15, 0.2) is 0 Å². The molecule has 0 unspecified atom stereocenters. The molecule has 0 saturated carbocycles. The van der Waals surface area contributed by atoms with Crippen LogP contribution in [0.25, 0.3) is 0 Å². The molecule has 1 aromatic carbocycles. The number of anilines is 2. The number of nitrogens with one attached hydrogen (secondary N) is 1. The lowest BCUT2D eigenvalue weighted by atomic mass is 9.95. The summed E-state index contributed by atoms with van der Waals surface area (Å²) in [6.07, 6.45) is 4.74. The van der Waals surface area contributed by atoms with Gasteiger partial charge in [0.1, 0.15) is 11.5 Å². The summed E-state index contributed by atoms with van der Waals surface area (Å²) in [4.78, 5) is 26.6. The molecule has 0 aliphatic heterocycles. The maximum absolute atomic E-state index is 12.9. The first-order chi connectivity index (χ1) is 14.6. The third-order valence-corrected chi connectivity index (χ3v) is 7.56. The molecule has 7 nitrogen and oxygen atoms in total. The smallest absolute Gasteiger partial charge is 0.341 e. The Bertz CT molecular complexity index is 1110. The van der Waals surface area contributed by atoms with E-state index in [1.807, 2.05) is 19.1 Å². The summed E-state index contributed by atoms with van der Waals surface area (Å²) in [5, 5.41) is 3.22. The first-order valence-corrected chi connectivity index (χ1v) is 12.9. The SMILES string of the molecule is CCOC(=O)c1c(NC(=O)CN(c2cc(C)ccc2C)S(C)(=O)=O)sc2c1CCCC2. The highest BCUT2D eigenvalue weighted by molar-refractivity contribution is 7.92. The summed E-state index contributed by atoms with van der Waals surface area (Å²) in [6.45, 7) is 5.27. The van der Waals surface area contributed by atoms with Gasteiger partial charge in [-0.2, -0.15) is 0 Å². The van der Waals surface area contributed by atoms with Gasteiger partial charge >= 0.3 is 5.97 Å². The second-order valence-corrected chi connectivity index (χ2v) is 10.8. The van der Waals surface area contributed by atoms with Crippen LogP contribution in [0, 0.1) is 13.8 Å². The summed E-state index contributed by atoms with van der Waals surface area (Å²) in [6, 6.07) is 5.46. The number of nitrogens with zero attached hydrogens (tertiary/aromatic N) is 1. The molecule has 9 heteroatoms. The number of sulfonamides is 1. The number of carbonyl (C=O) groups excluding carboxylic acids is 2. The van der Waals surface area contributed by atoms with Gasteiger partial charge < -0.3 is 10.1 Å². The van der Waals surface area contributed by atoms with Gasteiger partial charge in [0.2, 0.25) is 15.9 Å². The maximum atomic E-state index is 12.9. The monoisotopic (exact) mass is 464 g/mol. The van der Waals surface area contributed by atoms with Crippen molar-refractivity contribution in [3.8, 4) is 0 Å². The Labute approximate surface area is 187 Å². The predicted octanol–water partition coefficient (Wildman–Crippen LogP) is 3.83. The van der Waals surface area contributed by atoms with Crippen molar-refractivity contribution >= 4 is 43.9 Å². The molecule has 0 bridgehead atoms. The number of ether oxygens (including phenoxy) is 1. The number of fused-ring (bicyclic) bond motifs is 1. The molecular formula is C22H28N2O5S2. The number of rotatable bonds is 7. The fraction of sp³-hybridized carbons (Fsp3) is 0.455. The normalized spacial score (nSPS) is 13.4. The lowest BCUT2D eigenvalue weighted by molar-refractivity contribution is -0.114. The van der Waals surface area contributed by atoms with Gasteiger partial charge in [0.05, 0.1) is 24.1 Å². The number of amides is 1. The van der Waals surface area contributed by atoms with Crippen LogP contribution in [0.5, 0.6) is 0 Å². The van der Waals surface area contributed by atoms with E-state index in [1.165, 1.54) is 11.3 Å². The van der Waals surface area contributed by atoms with Gasteiger partial charge in [-0.1, -0.05) is 12.1 Å². The topological polar surface area (TPSA) is 92.8 Å². The molecule has 31 heavy (non-hydrogen) atoms. The molecule has 1 aliphatic carbocycles. The second-order valence-electron chi connectivity index (χ2n) is 7.74. The van der Waals surface area contributed by atoms with Crippen LogP contribution in [0.2, 0.25) is 0 Å². The molecule has 1 N–H and O–H groups in total. The number of thiophene rings is 1. The Hall–Kier alpha value is -2.39. The summed E-state index contributed by atoms with van der Waals surface area (Å²) >= 11 is 1.38. The van der Waals surface area contributed by atoms with Gasteiger partial charge in [0, 0.05) is 4.88 Å². The average Bonchev–Trinajstić information content (AvgIpc) is 3.05. The zero-order valence-corrected chi connectivity index (χ0v) is 19.9. The number of benzene rings is 1. The van der Waals surface area contributed by atoms with Crippen molar-refractivity contribution in [1.29, 1.82) is 0 Å². The average molecular weight is 465 g/mol. The fourth-order valence-corrected chi connectivity index (χ4v) is 5.94. The summed E-state index contributed by atoms with van der Waals surface area (Å²) in [5.74, 6) is -0.956. The summed E-state index contributed by atoms with van der Waals surface area (Å²) in [7, 11) is -3.70. The molecule has 1 aromatic heterocycles. The molecule has 0 spiro atoms. The number of carbonyl (C=O) groups is 2. The van der Waals surface area contributed by atoms with Crippen LogP contribution in [0.15, 0.2) is 18.2 Å². The third-order valence-electron chi connectivity index (χ3n) is 5.22. The molecule has 3 rings (SSSR count). The Balaban J connectivity index is 1.91. The van der Waals surface area contributed by atoms with E-state index in [9.17, 15) is 18.0 Å². The van der Waals surface area contributed by atoms with Crippen molar-refractivity contribution in [3.05, 3.63) is 45.3 Å². The lowest BCUT2D eigenvalue weighted by Crippen LogP contribution is -2.38. The largest absolute Gasteiger partial charge is 0.462 e. The third kappa shape index (κ3) is 5.27. The zero-order valence-electron chi connectivity index (χ0n) is 18.3. The van der Waals surface area contributed by atoms with E-state index in [0.717, 1.165) is 57.8 Å². The number of esters is 1.